The number of rotatable bonds is 11. The van der Waals surface area contributed by atoms with Crippen molar-refractivity contribution in [2.75, 3.05) is 38.3 Å². The van der Waals surface area contributed by atoms with Crippen LogP contribution in [0.25, 0.3) is 11.6 Å². The van der Waals surface area contributed by atoms with Gasteiger partial charge in [-0.3, -0.25) is 4.79 Å². The average molecular weight is 628 g/mol. The van der Waals surface area contributed by atoms with Gasteiger partial charge in [-0.2, -0.15) is 0 Å². The molecule has 0 radical (unpaired) electrons. The molecule has 12 heteroatoms. The molecule has 45 heavy (non-hydrogen) atoms. The Morgan fingerprint density at radius 1 is 0.956 bits per heavy atom. The molecule has 1 aliphatic heterocycles. The molecule has 3 rings (SSSR count). The summed E-state index contributed by atoms with van der Waals surface area (Å²) in [5.74, 6) is -0.745. The van der Waals surface area contributed by atoms with Gasteiger partial charge in [0.2, 0.25) is 0 Å². The Morgan fingerprint density at radius 3 is 2.20 bits per heavy atom. The minimum absolute atomic E-state index is 0.0570. The second-order valence-corrected chi connectivity index (χ2v) is 12.6. The number of hydrogen-bond donors (Lipinski definition) is 2. The number of esters is 1. The van der Waals surface area contributed by atoms with Crippen LogP contribution in [0.2, 0.25) is 0 Å². The Hall–Kier alpha value is -4.16. The second kappa shape index (κ2) is 14.7. The number of nitrogens with one attached hydrogen (secondary N) is 2. The van der Waals surface area contributed by atoms with Crippen molar-refractivity contribution in [3.05, 3.63) is 52.3 Å². The molecule has 2 N–H and O–H groups in total. The molecule has 0 spiro atoms. The van der Waals surface area contributed by atoms with E-state index < -0.39 is 29.4 Å². The summed E-state index contributed by atoms with van der Waals surface area (Å²) in [4.78, 5) is 54.6. The lowest BCUT2D eigenvalue weighted by atomic mass is 10.0. The molecule has 0 aliphatic carbocycles. The molecule has 0 bridgehead atoms. The van der Waals surface area contributed by atoms with Gasteiger partial charge in [0.25, 0.3) is 5.91 Å². The van der Waals surface area contributed by atoms with E-state index in [9.17, 15) is 19.2 Å². The molecule has 246 valence electrons. The number of aryl methyl sites for hydroxylation is 1. The van der Waals surface area contributed by atoms with E-state index in [2.05, 4.69) is 10.3 Å². The van der Waals surface area contributed by atoms with Crippen LogP contribution in [0.1, 0.15) is 94.4 Å². The number of aromatic nitrogens is 1. The summed E-state index contributed by atoms with van der Waals surface area (Å²) in [5, 5.41) is 2.86. The van der Waals surface area contributed by atoms with Crippen LogP contribution in [-0.2, 0) is 28.5 Å². The smallest absolute Gasteiger partial charge is 0.419 e. The maximum atomic E-state index is 12.9. The van der Waals surface area contributed by atoms with Gasteiger partial charge in [-0.15, -0.1) is 0 Å². The number of nitrogens with zero attached hydrogens (tertiary/aromatic N) is 1. The molecule has 0 unspecified atom stereocenters. The van der Waals surface area contributed by atoms with E-state index in [-0.39, 0.29) is 45.0 Å². The summed E-state index contributed by atoms with van der Waals surface area (Å²) in [6.45, 7) is 16.4. The normalized spacial score (nSPS) is 14.5. The number of carbonyl (C=O) groups is 4. The number of benzene rings is 1. The largest absolute Gasteiger partial charge is 0.462 e. The molecule has 1 aromatic carbocycles. The highest BCUT2D eigenvalue weighted by atomic mass is 16.6. The first-order valence-corrected chi connectivity index (χ1v) is 15.0. The molecule has 0 saturated heterocycles. The zero-order valence-corrected chi connectivity index (χ0v) is 27.6. The lowest BCUT2D eigenvalue weighted by Crippen LogP contribution is -2.45. The molecule has 0 saturated carbocycles. The van der Waals surface area contributed by atoms with E-state index >= 15 is 0 Å². The molecule has 3 amide bonds. The fourth-order valence-electron chi connectivity index (χ4n) is 4.38. The van der Waals surface area contributed by atoms with Crippen molar-refractivity contribution < 1.29 is 42.9 Å². The highest BCUT2D eigenvalue weighted by molar-refractivity contribution is 6.35. The Labute approximate surface area is 264 Å². The monoisotopic (exact) mass is 627 g/mol. The van der Waals surface area contributed by atoms with Crippen LogP contribution in [-0.4, -0.2) is 78.1 Å². The highest BCUT2D eigenvalue weighted by Gasteiger charge is 2.31. The number of fused-ring (bicyclic) bond motifs is 1. The molecule has 0 fully saturated rings. The van der Waals surface area contributed by atoms with E-state index in [1.807, 2.05) is 32.0 Å². The molecular formula is C33H45N3O9. The third-order valence-corrected chi connectivity index (χ3v) is 6.35. The highest BCUT2D eigenvalue weighted by Crippen LogP contribution is 2.36. The van der Waals surface area contributed by atoms with E-state index in [1.54, 1.807) is 60.6 Å². The minimum Gasteiger partial charge on any atom is -0.462 e. The second-order valence-electron chi connectivity index (χ2n) is 12.6. The molecule has 1 aromatic heterocycles. The van der Waals surface area contributed by atoms with Gasteiger partial charge in [-0.05, 0) is 92.2 Å². The number of ether oxygens (including phenoxy) is 5. The van der Waals surface area contributed by atoms with Crippen LogP contribution >= 0.6 is 0 Å². The average Bonchev–Trinajstić information content (AvgIpc) is 3.44. The van der Waals surface area contributed by atoms with Gasteiger partial charge in [-0.1, -0.05) is 6.07 Å². The molecule has 1 atom stereocenters. The predicted octanol–water partition coefficient (Wildman–Crippen LogP) is 6.26. The van der Waals surface area contributed by atoms with Crippen LogP contribution in [0.4, 0.5) is 15.3 Å². The van der Waals surface area contributed by atoms with Gasteiger partial charge >= 0.3 is 18.2 Å². The zero-order chi connectivity index (χ0) is 33.5. The van der Waals surface area contributed by atoms with Gasteiger partial charge in [0.1, 0.15) is 11.2 Å². The van der Waals surface area contributed by atoms with Crippen LogP contribution in [0.5, 0.6) is 0 Å². The Bertz CT molecular complexity index is 1400. The van der Waals surface area contributed by atoms with Crippen LogP contribution in [0.3, 0.4) is 0 Å². The van der Waals surface area contributed by atoms with Crippen molar-refractivity contribution in [2.45, 2.75) is 79.6 Å². The van der Waals surface area contributed by atoms with Crippen LogP contribution < -0.4 is 5.32 Å². The Kier molecular flexibility index (Phi) is 11.6. The number of aromatic amines is 1. The Morgan fingerprint density at radius 2 is 1.60 bits per heavy atom. The van der Waals surface area contributed by atoms with Gasteiger partial charge in [-0.25, -0.2) is 19.3 Å². The zero-order valence-electron chi connectivity index (χ0n) is 27.6. The molecular weight excluding hydrogens is 582 g/mol. The van der Waals surface area contributed by atoms with Crippen LogP contribution in [0.15, 0.2) is 24.3 Å². The summed E-state index contributed by atoms with van der Waals surface area (Å²) in [6.07, 6.45) is -0.307. The standard InChI is InChI=1S/C33H45N3O9/c1-10-42-29(38)25-17-20(2)34-27(25)19-24-23-18-22(11-12-26(23)35-28(24)37)21(3)43-16-15-41-14-13-36(30(39)44-32(4,5)6)31(40)45-33(7,8)9/h11-12,17-19,21,34H,10,13-16H2,1-9H3,(H,35,37)/b24-19-/t21-/m1/s1. The predicted molar refractivity (Wildman–Crippen MR) is 169 cm³/mol. The summed E-state index contributed by atoms with van der Waals surface area (Å²) >= 11 is 0. The maximum Gasteiger partial charge on any atom is 0.419 e. The number of carbonyl (C=O) groups excluding carboxylic acids is 4. The van der Waals surface area contributed by atoms with Crippen molar-refractivity contribution in [3.63, 3.8) is 0 Å². The topological polar surface area (TPSA) is 145 Å². The van der Waals surface area contributed by atoms with Crippen molar-refractivity contribution in [1.29, 1.82) is 0 Å². The number of imide groups is 1. The first kappa shape index (κ1) is 35.3. The van der Waals surface area contributed by atoms with E-state index in [1.165, 1.54) is 0 Å². The van der Waals surface area contributed by atoms with Crippen molar-refractivity contribution in [2.24, 2.45) is 0 Å². The SMILES string of the molecule is CCOC(=O)c1cc(C)[nH]c1/C=C1\C(=O)Nc2ccc([C@@H](C)OCCOCCN(C(=O)OC(C)(C)C)C(=O)OC(C)(C)C)cc21. The number of H-pyrrole nitrogens is 1. The van der Waals surface area contributed by atoms with Gasteiger partial charge < -0.3 is 34.0 Å². The van der Waals surface area contributed by atoms with Gasteiger partial charge in [0.05, 0.1) is 55.9 Å². The minimum atomic E-state index is -0.813. The first-order chi connectivity index (χ1) is 21.0. The van der Waals surface area contributed by atoms with Gasteiger partial charge in [0, 0.05) is 16.9 Å². The molecule has 12 nitrogen and oxygen atoms in total. The third-order valence-electron chi connectivity index (χ3n) is 6.35. The number of amides is 3. The molecule has 1 aliphatic rings. The number of hydrogen-bond acceptors (Lipinski definition) is 9. The fraction of sp³-hybridized carbons (Fsp3) is 0.515. The fourth-order valence-corrected chi connectivity index (χ4v) is 4.38. The maximum absolute atomic E-state index is 12.9. The lowest BCUT2D eigenvalue weighted by molar-refractivity contribution is -0.110. The van der Waals surface area contributed by atoms with E-state index in [0.717, 1.165) is 16.2 Å². The first-order valence-electron chi connectivity index (χ1n) is 15.0. The van der Waals surface area contributed by atoms with Crippen molar-refractivity contribution >= 4 is 41.4 Å². The summed E-state index contributed by atoms with van der Waals surface area (Å²) in [7, 11) is 0. The number of anilines is 1. The summed E-state index contributed by atoms with van der Waals surface area (Å²) < 4.78 is 27.5. The van der Waals surface area contributed by atoms with Crippen molar-refractivity contribution in [1.82, 2.24) is 9.88 Å². The molecule has 2 aromatic rings. The van der Waals surface area contributed by atoms with E-state index in [4.69, 9.17) is 23.7 Å². The van der Waals surface area contributed by atoms with E-state index in [0.29, 0.717) is 28.1 Å². The Balaban J connectivity index is 1.60. The summed E-state index contributed by atoms with van der Waals surface area (Å²) in [6, 6.07) is 7.26. The van der Waals surface area contributed by atoms with Crippen molar-refractivity contribution in [3.8, 4) is 0 Å². The molecule has 2 heterocycles. The summed E-state index contributed by atoms with van der Waals surface area (Å²) in [5.41, 5.74) is 2.65. The lowest BCUT2D eigenvalue weighted by Gasteiger charge is -2.28. The third kappa shape index (κ3) is 10.2. The van der Waals surface area contributed by atoms with Crippen LogP contribution in [0, 0.1) is 6.92 Å². The van der Waals surface area contributed by atoms with Gasteiger partial charge in [0.15, 0.2) is 0 Å². The quantitative estimate of drug-likeness (QED) is 0.128.